The Balaban J connectivity index is 1.55. The van der Waals surface area contributed by atoms with Crippen molar-refractivity contribution in [2.75, 3.05) is 18.9 Å². The fourth-order valence-corrected chi connectivity index (χ4v) is 3.19. The molecule has 0 amide bonds. The van der Waals surface area contributed by atoms with Gasteiger partial charge >= 0.3 is 6.16 Å². The van der Waals surface area contributed by atoms with Crippen LogP contribution in [0.3, 0.4) is 0 Å². The number of nitrogens with two attached hydrogens (primary N) is 1. The number of carbonyl (C=O) groups excluding carboxylic acids is 1. The van der Waals surface area contributed by atoms with Crippen LogP contribution < -0.4 is 5.73 Å². The zero-order chi connectivity index (χ0) is 18.6. The smallest absolute Gasteiger partial charge is 0.434 e. The van der Waals surface area contributed by atoms with Crippen LogP contribution in [0.25, 0.3) is 5.52 Å². The molecule has 142 valence electrons. The molecule has 0 aromatic carbocycles. The molecule has 2 aromatic rings. The Hall–Kier alpha value is -2.35. The first-order valence-electron chi connectivity index (χ1n) is 9.08. The fraction of sp³-hybridized carbons (Fsp3) is 0.611. The van der Waals surface area contributed by atoms with Gasteiger partial charge < -0.3 is 19.9 Å². The van der Waals surface area contributed by atoms with Crippen LogP contribution in [0, 0.1) is 0 Å². The fourth-order valence-electron chi connectivity index (χ4n) is 3.19. The second-order valence-electron chi connectivity index (χ2n) is 6.89. The average Bonchev–Trinajstić information content (AvgIpc) is 3.22. The molecular weight excluding hydrogens is 336 g/mol. The molecule has 8 heteroatoms. The Morgan fingerprint density at radius 1 is 1.42 bits per heavy atom. The maximum absolute atomic E-state index is 11.7. The molecule has 1 aliphatic rings. The van der Waals surface area contributed by atoms with Gasteiger partial charge in [0.15, 0.2) is 5.82 Å². The third kappa shape index (κ3) is 4.07. The predicted molar refractivity (Wildman–Crippen MR) is 95.7 cm³/mol. The van der Waals surface area contributed by atoms with Gasteiger partial charge in [-0.1, -0.05) is 19.8 Å². The minimum Gasteiger partial charge on any atom is -0.434 e. The maximum Gasteiger partial charge on any atom is 0.508 e. The van der Waals surface area contributed by atoms with Crippen LogP contribution >= 0.6 is 0 Å². The van der Waals surface area contributed by atoms with Crippen molar-refractivity contribution in [2.45, 2.75) is 57.7 Å². The minimum absolute atomic E-state index is 0.138. The Morgan fingerprint density at radius 2 is 2.27 bits per heavy atom. The molecule has 0 spiro atoms. The van der Waals surface area contributed by atoms with E-state index in [0.717, 1.165) is 43.3 Å². The summed E-state index contributed by atoms with van der Waals surface area (Å²) in [6.07, 6.45) is 5.21. The molecular formula is C18H26N4O4. The molecule has 3 heterocycles. The summed E-state index contributed by atoms with van der Waals surface area (Å²) in [4.78, 5) is 15.7. The zero-order valence-electron chi connectivity index (χ0n) is 15.3. The Labute approximate surface area is 152 Å². The van der Waals surface area contributed by atoms with E-state index in [2.05, 4.69) is 17.0 Å². The molecule has 3 rings (SSSR count). The van der Waals surface area contributed by atoms with Crippen LogP contribution in [0.4, 0.5) is 10.6 Å². The summed E-state index contributed by atoms with van der Waals surface area (Å²) in [7, 11) is 0. The number of hydrogen-bond acceptors (Lipinski definition) is 7. The summed E-state index contributed by atoms with van der Waals surface area (Å²) >= 11 is 0. The highest BCUT2D eigenvalue weighted by Gasteiger charge is 2.39. The lowest BCUT2D eigenvalue weighted by atomic mass is 10.0. The van der Waals surface area contributed by atoms with Gasteiger partial charge in [0.25, 0.3) is 0 Å². The highest BCUT2D eigenvalue weighted by atomic mass is 16.7. The number of anilines is 1. The molecule has 0 unspecified atom stereocenters. The van der Waals surface area contributed by atoms with Crippen molar-refractivity contribution in [1.82, 2.24) is 14.6 Å². The van der Waals surface area contributed by atoms with Crippen LogP contribution in [0.5, 0.6) is 0 Å². The van der Waals surface area contributed by atoms with Crippen molar-refractivity contribution in [1.29, 1.82) is 0 Å². The SMILES string of the molecule is CCCCCOC(=O)OC[C@]1(C)CC[C@H](c2ccc3c(N)ncnn23)O1. The third-order valence-electron chi connectivity index (χ3n) is 4.67. The number of unbranched alkanes of at least 4 members (excludes halogenated alkanes) is 2. The quantitative estimate of drug-likeness (QED) is 0.596. The first-order chi connectivity index (χ1) is 12.5. The first-order valence-corrected chi connectivity index (χ1v) is 9.08. The van der Waals surface area contributed by atoms with Gasteiger partial charge in [-0.3, -0.25) is 0 Å². The Bertz CT molecular complexity index is 763. The Kier molecular flexibility index (Phi) is 5.61. The van der Waals surface area contributed by atoms with Crippen LogP contribution in [0.15, 0.2) is 18.5 Å². The van der Waals surface area contributed by atoms with Crippen molar-refractivity contribution >= 4 is 17.5 Å². The van der Waals surface area contributed by atoms with Gasteiger partial charge in [-0.15, -0.1) is 0 Å². The summed E-state index contributed by atoms with van der Waals surface area (Å²) in [5, 5.41) is 4.26. The Morgan fingerprint density at radius 3 is 3.08 bits per heavy atom. The van der Waals surface area contributed by atoms with Gasteiger partial charge in [-0.2, -0.15) is 5.10 Å². The molecule has 0 saturated carbocycles. The number of carbonyl (C=O) groups is 1. The summed E-state index contributed by atoms with van der Waals surface area (Å²) in [6.45, 7) is 4.60. The van der Waals surface area contributed by atoms with E-state index in [1.807, 2.05) is 19.1 Å². The first kappa shape index (κ1) is 18.4. The number of aromatic nitrogens is 3. The molecule has 1 aliphatic heterocycles. The van der Waals surface area contributed by atoms with E-state index < -0.39 is 11.8 Å². The number of hydrogen-bond donors (Lipinski definition) is 1. The lowest BCUT2D eigenvalue weighted by Gasteiger charge is -2.24. The standard InChI is InChI=1S/C18H26N4O4/c1-3-4-5-10-24-17(23)25-11-18(2)9-8-15(26-18)13-6-7-14-16(19)20-12-21-22(13)14/h6-7,12,15H,3-5,8-11H2,1-2H3,(H2,19,20,21)/t15-,18+/m1/s1. The monoisotopic (exact) mass is 362 g/mol. The number of rotatable bonds is 7. The normalized spacial score (nSPS) is 22.6. The second-order valence-corrected chi connectivity index (χ2v) is 6.89. The van der Waals surface area contributed by atoms with Crippen molar-refractivity contribution in [3.8, 4) is 0 Å². The van der Waals surface area contributed by atoms with E-state index >= 15 is 0 Å². The number of fused-ring (bicyclic) bond motifs is 1. The molecule has 0 aliphatic carbocycles. The van der Waals surface area contributed by atoms with Crippen LogP contribution in [-0.4, -0.2) is 39.6 Å². The summed E-state index contributed by atoms with van der Waals surface area (Å²) in [5.41, 5.74) is 7.00. The van der Waals surface area contributed by atoms with Gasteiger partial charge in [-0.05, 0) is 38.3 Å². The van der Waals surface area contributed by atoms with E-state index in [1.165, 1.54) is 6.33 Å². The molecule has 1 saturated heterocycles. The molecule has 0 radical (unpaired) electrons. The van der Waals surface area contributed by atoms with Gasteiger partial charge in [0.1, 0.15) is 30.2 Å². The lowest BCUT2D eigenvalue weighted by molar-refractivity contribution is -0.0764. The maximum atomic E-state index is 11.7. The van der Waals surface area contributed by atoms with Crippen molar-refractivity contribution < 1.29 is 19.0 Å². The zero-order valence-corrected chi connectivity index (χ0v) is 15.3. The van der Waals surface area contributed by atoms with Crippen LogP contribution in [-0.2, 0) is 14.2 Å². The molecule has 2 aromatic heterocycles. The van der Waals surface area contributed by atoms with Crippen LogP contribution in [0.2, 0.25) is 0 Å². The molecule has 8 nitrogen and oxygen atoms in total. The highest BCUT2D eigenvalue weighted by molar-refractivity contribution is 5.65. The molecule has 2 atom stereocenters. The third-order valence-corrected chi connectivity index (χ3v) is 4.67. The topological polar surface area (TPSA) is 101 Å². The van der Waals surface area contributed by atoms with E-state index in [9.17, 15) is 4.79 Å². The van der Waals surface area contributed by atoms with E-state index in [0.29, 0.717) is 12.4 Å². The number of nitrogens with zero attached hydrogens (tertiary/aromatic N) is 3. The summed E-state index contributed by atoms with van der Waals surface area (Å²) < 4.78 is 18.2. The van der Waals surface area contributed by atoms with Gasteiger partial charge in [0.05, 0.1) is 12.3 Å². The molecule has 0 bridgehead atoms. The largest absolute Gasteiger partial charge is 0.508 e. The van der Waals surface area contributed by atoms with E-state index in [-0.39, 0.29) is 12.7 Å². The average molecular weight is 362 g/mol. The van der Waals surface area contributed by atoms with Crippen molar-refractivity contribution in [3.05, 3.63) is 24.2 Å². The molecule has 2 N–H and O–H groups in total. The van der Waals surface area contributed by atoms with E-state index in [4.69, 9.17) is 19.9 Å². The van der Waals surface area contributed by atoms with Crippen molar-refractivity contribution in [2.24, 2.45) is 0 Å². The van der Waals surface area contributed by atoms with Gasteiger partial charge in [0.2, 0.25) is 0 Å². The molecule has 26 heavy (non-hydrogen) atoms. The van der Waals surface area contributed by atoms with Gasteiger partial charge in [-0.25, -0.2) is 14.3 Å². The predicted octanol–water partition coefficient (Wildman–Crippen LogP) is 3.27. The van der Waals surface area contributed by atoms with Gasteiger partial charge in [0, 0.05) is 0 Å². The summed E-state index contributed by atoms with van der Waals surface area (Å²) in [5.74, 6) is 0.432. The number of nitrogen functional groups attached to an aromatic ring is 1. The lowest BCUT2D eigenvalue weighted by Crippen LogP contribution is -2.31. The summed E-state index contributed by atoms with van der Waals surface area (Å²) in [6, 6.07) is 3.83. The van der Waals surface area contributed by atoms with Crippen LogP contribution in [0.1, 0.15) is 57.7 Å². The second kappa shape index (κ2) is 7.90. The number of ether oxygens (including phenoxy) is 3. The highest BCUT2D eigenvalue weighted by Crippen LogP contribution is 2.40. The molecule has 1 fully saturated rings. The van der Waals surface area contributed by atoms with Crippen molar-refractivity contribution in [3.63, 3.8) is 0 Å². The minimum atomic E-state index is -0.636. The van der Waals surface area contributed by atoms with E-state index in [1.54, 1.807) is 4.52 Å².